The summed E-state index contributed by atoms with van der Waals surface area (Å²) < 4.78 is 9.20. The lowest BCUT2D eigenvalue weighted by Crippen LogP contribution is -2.21. The molecule has 6 rings (SSSR count). The Bertz CT molecular complexity index is 1440. The fourth-order valence-electron chi connectivity index (χ4n) is 4.62. The van der Waals surface area contributed by atoms with Gasteiger partial charge in [-0.3, -0.25) is 9.67 Å². The monoisotopic (exact) mass is 446 g/mol. The lowest BCUT2D eigenvalue weighted by Gasteiger charge is -2.25. The molecule has 0 unspecified atom stereocenters. The highest BCUT2D eigenvalue weighted by molar-refractivity contribution is 7.23. The molecule has 0 spiro atoms. The van der Waals surface area contributed by atoms with Crippen LogP contribution in [0.25, 0.3) is 43.5 Å². The molecule has 5 aromatic heterocycles. The molecule has 5 N–H and O–H groups in total. The highest BCUT2D eigenvalue weighted by Gasteiger charge is 2.23. The lowest BCUT2D eigenvalue weighted by atomic mass is 9.93. The summed E-state index contributed by atoms with van der Waals surface area (Å²) in [6.45, 7) is 0. The topological polar surface area (TPSA) is 129 Å². The van der Waals surface area contributed by atoms with E-state index in [1.165, 1.54) is 11.3 Å². The molecular weight excluding hydrogens is 424 g/mol. The second-order valence-electron chi connectivity index (χ2n) is 8.30. The van der Waals surface area contributed by atoms with E-state index in [2.05, 4.69) is 15.1 Å². The Kier molecular flexibility index (Phi) is 4.41. The Morgan fingerprint density at radius 2 is 1.94 bits per heavy atom. The van der Waals surface area contributed by atoms with E-state index < -0.39 is 0 Å². The zero-order valence-corrected chi connectivity index (χ0v) is 18.0. The Balaban J connectivity index is 1.45. The van der Waals surface area contributed by atoms with E-state index in [0.29, 0.717) is 28.2 Å². The van der Waals surface area contributed by atoms with Crippen molar-refractivity contribution in [2.24, 2.45) is 0 Å². The van der Waals surface area contributed by atoms with Crippen LogP contribution in [-0.4, -0.2) is 31.0 Å². The maximum Gasteiger partial charge on any atom is 0.177 e. The normalized spacial score (nSPS) is 19.2. The number of hydrogen-bond acceptors (Lipinski definition) is 8. The molecule has 1 saturated carbocycles. The SMILES string of the molecule is Nc1sc2cnccc2c1-c1cc2c(-c3cnn([C@H]4CC[C@H](O)CC4)c3)cnc(N)c2o1. The molecule has 1 aliphatic rings. The summed E-state index contributed by atoms with van der Waals surface area (Å²) in [5.41, 5.74) is 15.8. The van der Waals surface area contributed by atoms with E-state index in [1.807, 2.05) is 35.4 Å². The summed E-state index contributed by atoms with van der Waals surface area (Å²) in [6.07, 6.45) is 12.5. The zero-order chi connectivity index (χ0) is 21.8. The van der Waals surface area contributed by atoms with Crippen molar-refractivity contribution in [3.8, 4) is 22.5 Å². The van der Waals surface area contributed by atoms with Gasteiger partial charge in [0, 0.05) is 46.7 Å². The minimum atomic E-state index is -0.192. The Morgan fingerprint density at radius 1 is 1.09 bits per heavy atom. The van der Waals surface area contributed by atoms with Gasteiger partial charge in [0.15, 0.2) is 11.4 Å². The number of fused-ring (bicyclic) bond motifs is 2. The van der Waals surface area contributed by atoms with Gasteiger partial charge >= 0.3 is 0 Å². The third-order valence-electron chi connectivity index (χ3n) is 6.31. The van der Waals surface area contributed by atoms with Crippen LogP contribution in [0, 0.1) is 0 Å². The van der Waals surface area contributed by atoms with Crippen molar-refractivity contribution in [1.29, 1.82) is 0 Å². The Hall–Kier alpha value is -3.43. The zero-order valence-electron chi connectivity index (χ0n) is 17.2. The fourth-order valence-corrected chi connectivity index (χ4v) is 5.56. The summed E-state index contributed by atoms with van der Waals surface area (Å²) in [5.74, 6) is 0.994. The second-order valence-corrected chi connectivity index (χ2v) is 9.38. The number of pyridine rings is 2. The summed E-state index contributed by atoms with van der Waals surface area (Å²) in [4.78, 5) is 8.56. The number of aromatic nitrogens is 4. The van der Waals surface area contributed by atoms with Gasteiger partial charge in [-0.2, -0.15) is 5.10 Å². The van der Waals surface area contributed by atoms with E-state index >= 15 is 0 Å². The van der Waals surface area contributed by atoms with Crippen molar-refractivity contribution in [3.05, 3.63) is 43.1 Å². The molecule has 1 aliphatic carbocycles. The van der Waals surface area contributed by atoms with Crippen LogP contribution >= 0.6 is 11.3 Å². The first kappa shape index (κ1) is 19.3. The van der Waals surface area contributed by atoms with Crippen LogP contribution in [0.1, 0.15) is 31.7 Å². The van der Waals surface area contributed by atoms with Crippen LogP contribution in [0.5, 0.6) is 0 Å². The maximum atomic E-state index is 9.80. The number of aliphatic hydroxyl groups excluding tert-OH is 1. The van der Waals surface area contributed by atoms with Gasteiger partial charge in [0.2, 0.25) is 0 Å². The molecule has 5 aromatic rings. The number of rotatable bonds is 3. The molecular formula is C23H22N6O2S. The molecule has 0 aromatic carbocycles. The van der Waals surface area contributed by atoms with Crippen LogP contribution in [0.3, 0.4) is 0 Å². The third-order valence-corrected chi connectivity index (χ3v) is 7.28. The summed E-state index contributed by atoms with van der Waals surface area (Å²) in [7, 11) is 0. The van der Waals surface area contributed by atoms with Crippen molar-refractivity contribution in [3.63, 3.8) is 0 Å². The maximum absolute atomic E-state index is 9.80. The summed E-state index contributed by atoms with van der Waals surface area (Å²) >= 11 is 1.48. The van der Waals surface area contributed by atoms with E-state index in [-0.39, 0.29) is 6.10 Å². The number of nitrogen functional groups attached to an aromatic ring is 2. The fraction of sp³-hybridized carbons (Fsp3) is 0.261. The number of anilines is 2. The van der Waals surface area contributed by atoms with Gasteiger partial charge in [-0.25, -0.2) is 4.98 Å². The number of thiophene rings is 1. The molecule has 0 amide bonds. The molecule has 0 saturated heterocycles. The molecule has 32 heavy (non-hydrogen) atoms. The van der Waals surface area contributed by atoms with Crippen LogP contribution in [-0.2, 0) is 0 Å². The summed E-state index contributed by atoms with van der Waals surface area (Å²) in [6, 6.07) is 4.23. The third kappa shape index (κ3) is 3.04. The lowest BCUT2D eigenvalue weighted by molar-refractivity contribution is 0.108. The number of hydrogen-bond donors (Lipinski definition) is 3. The van der Waals surface area contributed by atoms with Crippen molar-refractivity contribution < 1.29 is 9.52 Å². The predicted molar refractivity (Wildman–Crippen MR) is 126 cm³/mol. The van der Waals surface area contributed by atoms with Crippen LogP contribution in [0.15, 0.2) is 47.5 Å². The smallest absolute Gasteiger partial charge is 0.177 e. The van der Waals surface area contributed by atoms with Crippen LogP contribution < -0.4 is 11.5 Å². The van der Waals surface area contributed by atoms with Crippen molar-refractivity contribution >= 4 is 43.2 Å². The summed E-state index contributed by atoms with van der Waals surface area (Å²) in [5, 5.41) is 16.9. The number of nitrogens with two attached hydrogens (primary N) is 2. The van der Waals surface area contributed by atoms with Gasteiger partial charge < -0.3 is 21.0 Å². The van der Waals surface area contributed by atoms with Crippen molar-refractivity contribution in [2.75, 3.05) is 11.5 Å². The first-order valence-corrected chi connectivity index (χ1v) is 11.4. The highest BCUT2D eigenvalue weighted by Crippen LogP contribution is 2.44. The molecule has 9 heteroatoms. The largest absolute Gasteiger partial charge is 0.452 e. The van der Waals surface area contributed by atoms with Gasteiger partial charge in [0.25, 0.3) is 0 Å². The number of aliphatic hydroxyl groups is 1. The van der Waals surface area contributed by atoms with Gasteiger partial charge in [-0.1, -0.05) is 0 Å². The first-order valence-electron chi connectivity index (χ1n) is 10.6. The first-order chi connectivity index (χ1) is 15.6. The second kappa shape index (κ2) is 7.32. The minimum absolute atomic E-state index is 0.192. The molecule has 0 radical (unpaired) electrons. The number of nitrogens with zero attached hydrogens (tertiary/aromatic N) is 4. The average Bonchev–Trinajstić information content (AvgIpc) is 3.51. The molecule has 8 nitrogen and oxygen atoms in total. The van der Waals surface area contributed by atoms with Gasteiger partial charge in [-0.05, 0) is 37.8 Å². The van der Waals surface area contributed by atoms with Crippen molar-refractivity contribution in [1.82, 2.24) is 19.7 Å². The average molecular weight is 447 g/mol. The quantitative estimate of drug-likeness (QED) is 0.369. The predicted octanol–water partition coefficient (Wildman–Crippen LogP) is 4.61. The van der Waals surface area contributed by atoms with E-state index in [1.54, 1.807) is 12.4 Å². The number of furan rings is 1. The van der Waals surface area contributed by atoms with E-state index in [0.717, 1.165) is 57.8 Å². The molecule has 1 fully saturated rings. The van der Waals surface area contributed by atoms with Gasteiger partial charge in [0.05, 0.1) is 33.6 Å². The van der Waals surface area contributed by atoms with Gasteiger partial charge in [-0.15, -0.1) is 11.3 Å². The highest BCUT2D eigenvalue weighted by atomic mass is 32.1. The molecule has 0 bridgehead atoms. The van der Waals surface area contributed by atoms with Gasteiger partial charge in [0.1, 0.15) is 5.76 Å². The molecule has 5 heterocycles. The molecule has 0 atom stereocenters. The Labute approximate surface area is 187 Å². The minimum Gasteiger partial charge on any atom is -0.452 e. The molecule has 162 valence electrons. The Morgan fingerprint density at radius 3 is 2.78 bits per heavy atom. The molecule has 0 aliphatic heterocycles. The van der Waals surface area contributed by atoms with E-state index in [9.17, 15) is 5.11 Å². The standard InChI is InChI=1S/C23H22N6O2S/c24-22-21-16(7-18(31-21)20-15-5-6-26-10-19(15)32-23(20)25)17(9-27-22)12-8-28-29(11-12)13-1-3-14(30)4-2-13/h5-11,13-14,30H,1-4,25H2,(H2,24,27)/t13-,14-. The van der Waals surface area contributed by atoms with Crippen LogP contribution in [0.2, 0.25) is 0 Å². The van der Waals surface area contributed by atoms with Crippen molar-refractivity contribution in [2.45, 2.75) is 37.8 Å². The van der Waals surface area contributed by atoms with E-state index in [4.69, 9.17) is 15.9 Å². The van der Waals surface area contributed by atoms with Crippen LogP contribution in [0.4, 0.5) is 10.8 Å².